The van der Waals surface area contributed by atoms with Crippen LogP contribution in [0.15, 0.2) is 16.8 Å². The van der Waals surface area contributed by atoms with Crippen molar-refractivity contribution in [2.24, 2.45) is 16.8 Å². The van der Waals surface area contributed by atoms with Gasteiger partial charge < -0.3 is 5.73 Å². The van der Waals surface area contributed by atoms with E-state index >= 15 is 0 Å². The number of hydrogen-bond donors (Lipinski definition) is 2. The molecule has 0 aliphatic heterocycles. The number of primary amides is 1. The molecule has 72 valence electrons. The van der Waals surface area contributed by atoms with E-state index in [9.17, 15) is 4.79 Å². The van der Waals surface area contributed by atoms with Crippen LogP contribution in [0.4, 0.5) is 4.79 Å². The van der Waals surface area contributed by atoms with Gasteiger partial charge in [0.2, 0.25) is 0 Å². The van der Waals surface area contributed by atoms with Crippen LogP contribution in [0.2, 0.25) is 0 Å². The summed E-state index contributed by atoms with van der Waals surface area (Å²) in [4.78, 5) is 10.3. The number of carbonyl (C=O) groups excluding carboxylic acids is 1. The average molecular weight is 181 g/mol. The summed E-state index contributed by atoms with van der Waals surface area (Å²) < 4.78 is 0. The number of nitrogens with two attached hydrogens (primary N) is 1. The van der Waals surface area contributed by atoms with Gasteiger partial charge in [-0.15, -0.1) is 0 Å². The number of rotatable bonds is 2. The number of allylic oxidation sites excluding steroid dienone is 2. The predicted molar refractivity (Wildman–Crippen MR) is 52.3 cm³/mol. The lowest BCUT2D eigenvalue weighted by atomic mass is 9.91. The molecule has 1 aliphatic carbocycles. The summed E-state index contributed by atoms with van der Waals surface area (Å²) in [5.41, 5.74) is 8.48. The number of hydrogen-bond acceptors (Lipinski definition) is 2. The Hall–Kier alpha value is -1.32. The molecule has 3 N–H and O–H groups in total. The molecule has 4 heteroatoms. The van der Waals surface area contributed by atoms with Gasteiger partial charge in [-0.1, -0.05) is 11.6 Å². The third-order valence-electron chi connectivity index (χ3n) is 2.14. The normalized spacial score (nSPS) is 22.8. The molecule has 1 aliphatic rings. The van der Waals surface area contributed by atoms with Crippen molar-refractivity contribution in [3.8, 4) is 0 Å². The molecule has 0 saturated heterocycles. The van der Waals surface area contributed by atoms with Gasteiger partial charge in [0.05, 0.1) is 0 Å². The van der Waals surface area contributed by atoms with Gasteiger partial charge >= 0.3 is 6.03 Å². The molecule has 0 fully saturated rings. The minimum atomic E-state index is -0.612. The molecule has 0 radical (unpaired) electrons. The molecule has 1 rings (SSSR count). The van der Waals surface area contributed by atoms with E-state index in [1.54, 1.807) is 6.21 Å². The minimum absolute atomic E-state index is 0.440. The van der Waals surface area contributed by atoms with E-state index in [0.717, 1.165) is 19.3 Å². The quantitative estimate of drug-likeness (QED) is 0.377. The lowest BCUT2D eigenvalue weighted by Gasteiger charge is -2.15. The Morgan fingerprint density at radius 2 is 2.62 bits per heavy atom. The molecule has 4 nitrogen and oxygen atoms in total. The smallest absolute Gasteiger partial charge is 0.332 e. The van der Waals surface area contributed by atoms with Crippen molar-refractivity contribution < 1.29 is 4.79 Å². The number of amides is 2. The minimum Gasteiger partial charge on any atom is -0.350 e. The maximum Gasteiger partial charge on any atom is 0.332 e. The molecule has 0 saturated carbocycles. The molecule has 0 aromatic carbocycles. The highest BCUT2D eigenvalue weighted by Crippen LogP contribution is 2.21. The fourth-order valence-corrected chi connectivity index (χ4v) is 1.33. The summed E-state index contributed by atoms with van der Waals surface area (Å²) in [6, 6.07) is -0.612. The monoisotopic (exact) mass is 181 g/mol. The van der Waals surface area contributed by atoms with Crippen LogP contribution < -0.4 is 11.2 Å². The van der Waals surface area contributed by atoms with Crippen molar-refractivity contribution in [1.82, 2.24) is 5.43 Å². The topological polar surface area (TPSA) is 67.5 Å². The molecule has 2 amide bonds. The van der Waals surface area contributed by atoms with Crippen molar-refractivity contribution in [1.29, 1.82) is 0 Å². The van der Waals surface area contributed by atoms with Gasteiger partial charge in [-0.05, 0) is 32.1 Å². The summed E-state index contributed by atoms with van der Waals surface area (Å²) in [6.45, 7) is 2.13. The molecule has 0 spiro atoms. The fraction of sp³-hybridized carbons (Fsp3) is 0.556. The number of nitrogens with zero attached hydrogens (tertiary/aromatic N) is 1. The van der Waals surface area contributed by atoms with Crippen molar-refractivity contribution >= 4 is 12.2 Å². The van der Waals surface area contributed by atoms with Crippen LogP contribution in [-0.4, -0.2) is 12.2 Å². The van der Waals surface area contributed by atoms with Crippen molar-refractivity contribution in [2.45, 2.75) is 26.2 Å². The van der Waals surface area contributed by atoms with E-state index in [1.165, 1.54) is 5.57 Å². The zero-order valence-electron chi connectivity index (χ0n) is 7.79. The summed E-state index contributed by atoms with van der Waals surface area (Å²) in [7, 11) is 0. The Labute approximate surface area is 77.9 Å². The summed E-state index contributed by atoms with van der Waals surface area (Å²) in [6.07, 6.45) is 7.20. The lowest BCUT2D eigenvalue weighted by Crippen LogP contribution is -2.25. The lowest BCUT2D eigenvalue weighted by molar-refractivity contribution is 0.249. The second kappa shape index (κ2) is 4.64. The third-order valence-corrected chi connectivity index (χ3v) is 2.14. The molecule has 1 atom stereocenters. The van der Waals surface area contributed by atoms with Crippen molar-refractivity contribution in [3.63, 3.8) is 0 Å². The van der Waals surface area contributed by atoms with Gasteiger partial charge in [0.1, 0.15) is 0 Å². The number of urea groups is 1. The van der Waals surface area contributed by atoms with E-state index in [4.69, 9.17) is 5.73 Å². The summed E-state index contributed by atoms with van der Waals surface area (Å²) >= 11 is 0. The molecule has 0 aromatic heterocycles. The maximum absolute atomic E-state index is 10.3. The van der Waals surface area contributed by atoms with Crippen LogP contribution in [-0.2, 0) is 0 Å². The van der Waals surface area contributed by atoms with E-state index < -0.39 is 6.03 Å². The molecule has 0 bridgehead atoms. The Bertz CT molecular complexity index is 245. The van der Waals surface area contributed by atoms with E-state index in [0.29, 0.717) is 5.92 Å². The second-order valence-corrected chi connectivity index (χ2v) is 3.34. The van der Waals surface area contributed by atoms with E-state index in [1.807, 2.05) is 0 Å². The number of nitrogens with one attached hydrogen (secondary N) is 1. The van der Waals surface area contributed by atoms with Crippen LogP contribution in [0.25, 0.3) is 0 Å². The molecule has 0 unspecified atom stereocenters. The van der Waals surface area contributed by atoms with E-state index in [-0.39, 0.29) is 0 Å². The van der Waals surface area contributed by atoms with Crippen LogP contribution in [0.5, 0.6) is 0 Å². The average Bonchev–Trinajstić information content (AvgIpc) is 2.08. The zero-order chi connectivity index (χ0) is 9.68. The van der Waals surface area contributed by atoms with Crippen molar-refractivity contribution in [2.75, 3.05) is 0 Å². The molecule has 13 heavy (non-hydrogen) atoms. The SMILES string of the molecule is CC1=CC[C@H](/C=N\NC(N)=O)CC1. The molecular weight excluding hydrogens is 166 g/mol. The predicted octanol–water partition coefficient (Wildman–Crippen LogP) is 1.39. The van der Waals surface area contributed by atoms with Gasteiger partial charge in [0.25, 0.3) is 0 Å². The highest BCUT2D eigenvalue weighted by Gasteiger charge is 2.09. The van der Waals surface area contributed by atoms with Gasteiger partial charge in [0, 0.05) is 6.21 Å². The van der Waals surface area contributed by atoms with Crippen LogP contribution in [0, 0.1) is 5.92 Å². The van der Waals surface area contributed by atoms with Gasteiger partial charge in [0.15, 0.2) is 0 Å². The first kappa shape index (κ1) is 9.77. The summed E-state index contributed by atoms with van der Waals surface area (Å²) in [5, 5.41) is 3.74. The van der Waals surface area contributed by atoms with Crippen molar-refractivity contribution in [3.05, 3.63) is 11.6 Å². The molecular formula is C9H15N3O. The highest BCUT2D eigenvalue weighted by molar-refractivity contribution is 5.73. The first-order valence-electron chi connectivity index (χ1n) is 4.42. The maximum atomic E-state index is 10.3. The Kier molecular flexibility index (Phi) is 3.49. The first-order chi connectivity index (χ1) is 6.18. The third kappa shape index (κ3) is 3.73. The standard InChI is InChI=1S/C9H15N3O/c1-7-2-4-8(5-3-7)6-11-12-9(10)13/h2,6,8H,3-5H2,1H3,(H3,10,12,13)/b11-6-/t8-/m0/s1. The summed E-state index contributed by atoms with van der Waals surface area (Å²) in [5.74, 6) is 0.440. The number of hydrazone groups is 1. The van der Waals surface area contributed by atoms with Gasteiger partial charge in [-0.2, -0.15) is 5.10 Å². The van der Waals surface area contributed by atoms with Crippen LogP contribution in [0.1, 0.15) is 26.2 Å². The van der Waals surface area contributed by atoms with Gasteiger partial charge in [-0.25, -0.2) is 10.2 Å². The second-order valence-electron chi connectivity index (χ2n) is 3.34. The largest absolute Gasteiger partial charge is 0.350 e. The first-order valence-corrected chi connectivity index (χ1v) is 4.42. The Morgan fingerprint density at radius 3 is 3.15 bits per heavy atom. The number of carbonyl (C=O) groups is 1. The van der Waals surface area contributed by atoms with Gasteiger partial charge in [-0.3, -0.25) is 0 Å². The highest BCUT2D eigenvalue weighted by atomic mass is 16.2. The molecule has 0 aromatic rings. The zero-order valence-corrected chi connectivity index (χ0v) is 7.79. The van der Waals surface area contributed by atoms with Crippen LogP contribution in [0.3, 0.4) is 0 Å². The van der Waals surface area contributed by atoms with Crippen LogP contribution >= 0.6 is 0 Å². The fourth-order valence-electron chi connectivity index (χ4n) is 1.33. The molecule has 0 heterocycles. The Balaban J connectivity index is 2.31. The Morgan fingerprint density at radius 1 is 1.85 bits per heavy atom. The van der Waals surface area contributed by atoms with E-state index in [2.05, 4.69) is 23.5 Å².